The number of halogens is 1. The summed E-state index contributed by atoms with van der Waals surface area (Å²) in [6, 6.07) is 9.84. The van der Waals surface area contributed by atoms with Gasteiger partial charge in [-0.2, -0.15) is 0 Å². The van der Waals surface area contributed by atoms with Crippen LogP contribution in [0.25, 0.3) is 22.5 Å². The third-order valence-corrected chi connectivity index (χ3v) is 4.01. The van der Waals surface area contributed by atoms with Crippen LogP contribution < -0.4 is 5.32 Å². The highest BCUT2D eigenvalue weighted by Gasteiger charge is 2.29. The van der Waals surface area contributed by atoms with E-state index in [0.717, 1.165) is 35.4 Å². The minimum atomic E-state index is -0.284. The molecule has 4 rings (SSSR count). The van der Waals surface area contributed by atoms with Crippen molar-refractivity contribution in [2.24, 2.45) is 5.92 Å². The molecule has 120 valence electrons. The Morgan fingerprint density at radius 1 is 1.12 bits per heavy atom. The van der Waals surface area contributed by atoms with E-state index in [0.29, 0.717) is 5.82 Å². The van der Waals surface area contributed by atoms with Gasteiger partial charge in [0.05, 0.1) is 17.7 Å². The second-order valence-corrected chi connectivity index (χ2v) is 5.83. The van der Waals surface area contributed by atoms with Crippen molar-refractivity contribution in [3.05, 3.63) is 54.7 Å². The highest BCUT2D eigenvalue weighted by Crippen LogP contribution is 2.32. The van der Waals surface area contributed by atoms with Gasteiger partial charge in [0.25, 0.3) is 0 Å². The molecule has 0 radical (unpaired) electrons. The van der Waals surface area contributed by atoms with E-state index in [2.05, 4.69) is 20.3 Å². The molecule has 2 aromatic heterocycles. The number of amides is 1. The molecule has 6 heteroatoms. The largest absolute Gasteiger partial charge is 0.344 e. The Bertz CT molecular complexity index is 884. The van der Waals surface area contributed by atoms with Crippen LogP contribution in [-0.4, -0.2) is 20.9 Å². The van der Waals surface area contributed by atoms with Gasteiger partial charge in [0.1, 0.15) is 11.6 Å². The SMILES string of the molecule is O=C(Nc1cc(-c2nc[nH]c2-c2ccc(F)cc2)ccn1)C1CC1. The number of hydrogen-bond donors (Lipinski definition) is 2. The minimum Gasteiger partial charge on any atom is -0.344 e. The molecule has 1 aliphatic carbocycles. The summed E-state index contributed by atoms with van der Waals surface area (Å²) in [5.74, 6) is 0.363. The van der Waals surface area contributed by atoms with Crippen molar-refractivity contribution in [3.63, 3.8) is 0 Å². The van der Waals surface area contributed by atoms with Crippen LogP contribution in [0.15, 0.2) is 48.9 Å². The highest BCUT2D eigenvalue weighted by molar-refractivity contribution is 5.93. The molecule has 0 aliphatic heterocycles. The molecule has 0 saturated heterocycles. The number of hydrogen-bond acceptors (Lipinski definition) is 3. The number of rotatable bonds is 4. The normalized spacial score (nSPS) is 13.7. The van der Waals surface area contributed by atoms with Crippen molar-refractivity contribution in [2.75, 3.05) is 5.32 Å². The molecular formula is C18H15FN4O. The van der Waals surface area contributed by atoms with E-state index < -0.39 is 0 Å². The first kappa shape index (κ1) is 14.6. The van der Waals surface area contributed by atoms with Gasteiger partial charge in [0, 0.05) is 23.2 Å². The topological polar surface area (TPSA) is 70.7 Å². The quantitative estimate of drug-likeness (QED) is 0.770. The lowest BCUT2D eigenvalue weighted by Crippen LogP contribution is -2.14. The summed E-state index contributed by atoms with van der Waals surface area (Å²) in [6.45, 7) is 0. The molecule has 1 fully saturated rings. The van der Waals surface area contributed by atoms with Crippen LogP contribution in [0, 0.1) is 11.7 Å². The van der Waals surface area contributed by atoms with Crippen LogP contribution in [0.4, 0.5) is 10.2 Å². The van der Waals surface area contributed by atoms with Gasteiger partial charge in [-0.15, -0.1) is 0 Å². The standard InChI is InChI=1S/C18H15FN4O/c19-14-5-3-11(4-6-14)16-17(22-10-21-16)13-7-8-20-15(9-13)23-18(24)12-1-2-12/h3-10,12H,1-2H2,(H,21,22)(H,20,23,24). The number of benzene rings is 1. The van der Waals surface area contributed by atoms with Crippen molar-refractivity contribution in [1.82, 2.24) is 15.0 Å². The van der Waals surface area contributed by atoms with E-state index in [1.165, 1.54) is 12.1 Å². The lowest BCUT2D eigenvalue weighted by atomic mass is 10.1. The summed E-state index contributed by atoms with van der Waals surface area (Å²) in [7, 11) is 0. The second kappa shape index (κ2) is 5.88. The van der Waals surface area contributed by atoms with Crippen LogP contribution in [0.1, 0.15) is 12.8 Å². The fourth-order valence-electron chi connectivity index (χ4n) is 2.57. The summed E-state index contributed by atoms with van der Waals surface area (Å²) < 4.78 is 13.1. The van der Waals surface area contributed by atoms with E-state index in [9.17, 15) is 9.18 Å². The first-order valence-corrected chi connectivity index (χ1v) is 7.77. The molecule has 0 spiro atoms. The average Bonchev–Trinajstić information content (AvgIpc) is 3.33. The fraction of sp³-hybridized carbons (Fsp3) is 0.167. The number of H-pyrrole nitrogens is 1. The zero-order chi connectivity index (χ0) is 16.5. The number of nitrogens with one attached hydrogen (secondary N) is 2. The predicted molar refractivity (Wildman–Crippen MR) is 88.6 cm³/mol. The monoisotopic (exact) mass is 322 g/mol. The predicted octanol–water partition coefficient (Wildman–Crippen LogP) is 3.63. The molecule has 24 heavy (non-hydrogen) atoms. The van der Waals surface area contributed by atoms with Crippen molar-refractivity contribution in [3.8, 4) is 22.5 Å². The number of aromatic nitrogens is 3. The lowest BCUT2D eigenvalue weighted by Gasteiger charge is -2.07. The van der Waals surface area contributed by atoms with E-state index >= 15 is 0 Å². The maximum Gasteiger partial charge on any atom is 0.228 e. The molecule has 1 saturated carbocycles. The Morgan fingerprint density at radius 2 is 1.92 bits per heavy atom. The number of carbonyl (C=O) groups excluding carboxylic acids is 1. The number of nitrogens with zero attached hydrogens (tertiary/aromatic N) is 2. The number of imidazole rings is 1. The number of aromatic amines is 1. The summed E-state index contributed by atoms with van der Waals surface area (Å²) >= 11 is 0. The molecule has 0 bridgehead atoms. The molecule has 1 aliphatic rings. The fourth-order valence-corrected chi connectivity index (χ4v) is 2.57. The Kier molecular flexibility index (Phi) is 3.57. The summed E-state index contributed by atoms with van der Waals surface area (Å²) in [6.07, 6.45) is 5.12. The van der Waals surface area contributed by atoms with Gasteiger partial charge >= 0.3 is 0 Å². The van der Waals surface area contributed by atoms with Crippen LogP contribution in [0.5, 0.6) is 0 Å². The van der Waals surface area contributed by atoms with Crippen LogP contribution >= 0.6 is 0 Å². The third-order valence-electron chi connectivity index (χ3n) is 4.01. The molecule has 0 unspecified atom stereocenters. The van der Waals surface area contributed by atoms with Gasteiger partial charge in [-0.25, -0.2) is 14.4 Å². The summed E-state index contributed by atoms with van der Waals surface area (Å²) in [5.41, 5.74) is 3.19. The van der Waals surface area contributed by atoms with Crippen LogP contribution in [-0.2, 0) is 4.79 Å². The molecule has 3 aromatic rings. The zero-order valence-corrected chi connectivity index (χ0v) is 12.8. The first-order chi connectivity index (χ1) is 11.7. The summed E-state index contributed by atoms with van der Waals surface area (Å²) in [4.78, 5) is 23.5. The Hall–Kier alpha value is -3.02. The highest BCUT2D eigenvalue weighted by atomic mass is 19.1. The van der Waals surface area contributed by atoms with E-state index in [-0.39, 0.29) is 17.6 Å². The van der Waals surface area contributed by atoms with Gasteiger partial charge in [-0.05, 0) is 49.2 Å². The van der Waals surface area contributed by atoms with Gasteiger partial charge in [-0.3, -0.25) is 4.79 Å². The third kappa shape index (κ3) is 2.90. The smallest absolute Gasteiger partial charge is 0.228 e. The Labute approximate surface area is 138 Å². The van der Waals surface area contributed by atoms with E-state index in [4.69, 9.17) is 0 Å². The van der Waals surface area contributed by atoms with Gasteiger partial charge in [0.15, 0.2) is 0 Å². The molecular weight excluding hydrogens is 307 g/mol. The summed E-state index contributed by atoms with van der Waals surface area (Å²) in [5, 5.41) is 2.84. The molecule has 1 aromatic carbocycles. The maximum atomic E-state index is 13.1. The molecule has 0 atom stereocenters. The van der Waals surface area contributed by atoms with Crippen molar-refractivity contribution in [1.29, 1.82) is 0 Å². The molecule has 2 N–H and O–H groups in total. The first-order valence-electron chi connectivity index (χ1n) is 7.77. The zero-order valence-electron chi connectivity index (χ0n) is 12.8. The number of pyridine rings is 1. The van der Waals surface area contributed by atoms with Crippen molar-refractivity contribution >= 4 is 11.7 Å². The second-order valence-electron chi connectivity index (χ2n) is 5.83. The van der Waals surface area contributed by atoms with Crippen molar-refractivity contribution < 1.29 is 9.18 Å². The lowest BCUT2D eigenvalue weighted by molar-refractivity contribution is -0.117. The molecule has 1 amide bonds. The number of carbonyl (C=O) groups is 1. The van der Waals surface area contributed by atoms with Gasteiger partial charge in [0.2, 0.25) is 5.91 Å². The maximum absolute atomic E-state index is 13.1. The van der Waals surface area contributed by atoms with Crippen molar-refractivity contribution in [2.45, 2.75) is 12.8 Å². The van der Waals surface area contributed by atoms with Gasteiger partial charge in [-0.1, -0.05) is 0 Å². The Morgan fingerprint density at radius 3 is 2.67 bits per heavy atom. The van der Waals surface area contributed by atoms with Crippen LogP contribution in [0.2, 0.25) is 0 Å². The molecule has 5 nitrogen and oxygen atoms in total. The van der Waals surface area contributed by atoms with Gasteiger partial charge < -0.3 is 10.3 Å². The minimum absolute atomic E-state index is 0.0143. The average molecular weight is 322 g/mol. The Balaban J connectivity index is 1.65. The number of anilines is 1. The van der Waals surface area contributed by atoms with E-state index in [1.807, 2.05) is 6.07 Å². The van der Waals surface area contributed by atoms with E-state index in [1.54, 1.807) is 30.7 Å². The molecule has 2 heterocycles. The van der Waals surface area contributed by atoms with Crippen LogP contribution in [0.3, 0.4) is 0 Å².